The average Bonchev–Trinajstić information content (AvgIpc) is 3.06. The molecule has 0 aliphatic carbocycles. The molecule has 1 amide bonds. The molecule has 0 unspecified atom stereocenters. The summed E-state index contributed by atoms with van der Waals surface area (Å²) in [6.07, 6.45) is 0. The molecule has 1 N–H and O–H groups in total. The highest BCUT2D eigenvalue weighted by molar-refractivity contribution is 5.83. The van der Waals surface area contributed by atoms with Crippen molar-refractivity contribution in [3.63, 3.8) is 0 Å². The Hall–Kier alpha value is -3.68. The molecule has 0 bridgehead atoms. The third kappa shape index (κ3) is 4.01. The fraction of sp³-hybridized carbons (Fsp3) is 0.304. The first kappa shape index (κ1) is 20.6. The molecule has 4 aromatic rings. The molecule has 2 heterocycles. The van der Waals surface area contributed by atoms with Crippen molar-refractivity contribution in [3.05, 3.63) is 75.1 Å². The highest BCUT2D eigenvalue weighted by Crippen LogP contribution is 2.14. The lowest BCUT2D eigenvalue weighted by Gasteiger charge is -2.23. The van der Waals surface area contributed by atoms with Crippen molar-refractivity contribution < 1.29 is 9.21 Å². The van der Waals surface area contributed by atoms with Gasteiger partial charge in [-0.25, -0.2) is 9.48 Å². The summed E-state index contributed by atoms with van der Waals surface area (Å²) in [5.41, 5.74) is 1.55. The number of aryl methyl sites for hydroxylation is 1. The molecule has 8 nitrogen and oxygen atoms in total. The van der Waals surface area contributed by atoms with Gasteiger partial charge in [0.05, 0.1) is 16.6 Å². The molecule has 2 aromatic carbocycles. The van der Waals surface area contributed by atoms with Crippen LogP contribution in [0.2, 0.25) is 0 Å². The van der Waals surface area contributed by atoms with Crippen molar-refractivity contribution in [3.8, 4) is 0 Å². The largest absolute Gasteiger partial charge is 0.420 e. The quantitative estimate of drug-likeness (QED) is 0.517. The van der Waals surface area contributed by atoms with Crippen LogP contribution in [-0.4, -0.2) is 26.3 Å². The second kappa shape index (κ2) is 8.22. The lowest BCUT2D eigenvalue weighted by atomic mass is 10.0. The molecule has 0 saturated carbocycles. The second-order valence-electron chi connectivity index (χ2n) is 7.96. The number of nitrogens with zero attached hydrogens (tertiary/aromatic N) is 3. The average molecular weight is 420 g/mol. The van der Waals surface area contributed by atoms with Crippen LogP contribution in [-0.2, 0) is 17.9 Å². The van der Waals surface area contributed by atoms with E-state index in [2.05, 4.69) is 10.4 Å². The van der Waals surface area contributed by atoms with Gasteiger partial charge < -0.3 is 9.73 Å². The number of nitrogens with one attached hydrogen (secondary N) is 1. The number of benzene rings is 2. The normalized spacial score (nSPS) is 12.5. The van der Waals surface area contributed by atoms with Crippen molar-refractivity contribution in [2.45, 2.75) is 39.9 Å². The van der Waals surface area contributed by atoms with E-state index in [1.807, 2.05) is 39.0 Å². The van der Waals surface area contributed by atoms with E-state index in [9.17, 15) is 14.4 Å². The molecule has 0 spiro atoms. The molecule has 31 heavy (non-hydrogen) atoms. The fourth-order valence-corrected chi connectivity index (χ4v) is 3.71. The highest BCUT2D eigenvalue weighted by atomic mass is 16.4. The van der Waals surface area contributed by atoms with Crippen molar-refractivity contribution in [1.29, 1.82) is 0 Å². The van der Waals surface area contributed by atoms with Gasteiger partial charge in [-0.2, -0.15) is 5.10 Å². The first-order valence-corrected chi connectivity index (χ1v) is 10.2. The van der Waals surface area contributed by atoms with Crippen LogP contribution in [0.5, 0.6) is 0 Å². The maximum absolute atomic E-state index is 12.8. The molecule has 0 aliphatic heterocycles. The van der Waals surface area contributed by atoms with E-state index in [0.29, 0.717) is 22.2 Å². The summed E-state index contributed by atoms with van der Waals surface area (Å²) in [5, 5.41) is 8.55. The molecular formula is C23H24N4O4. The molecular weight excluding hydrogens is 396 g/mol. The summed E-state index contributed by atoms with van der Waals surface area (Å²) in [5.74, 6) is -0.763. The summed E-state index contributed by atoms with van der Waals surface area (Å²) < 4.78 is 7.99. The molecule has 1 atom stereocenters. The van der Waals surface area contributed by atoms with Gasteiger partial charge in [-0.05, 0) is 31.0 Å². The first-order chi connectivity index (χ1) is 14.8. The lowest BCUT2D eigenvalue weighted by Crippen LogP contribution is -2.45. The summed E-state index contributed by atoms with van der Waals surface area (Å²) in [6, 6.07) is 14.0. The molecule has 2 aromatic heterocycles. The summed E-state index contributed by atoms with van der Waals surface area (Å²) >= 11 is 0. The van der Waals surface area contributed by atoms with Gasteiger partial charge in [-0.3, -0.25) is 14.2 Å². The van der Waals surface area contributed by atoms with Crippen molar-refractivity contribution >= 4 is 27.8 Å². The number of carbonyl (C=O) groups excluding carboxylic acids is 1. The van der Waals surface area contributed by atoms with Gasteiger partial charge in [0.2, 0.25) is 5.91 Å². The topological polar surface area (TPSA) is 99.1 Å². The van der Waals surface area contributed by atoms with E-state index in [4.69, 9.17) is 4.42 Å². The predicted molar refractivity (Wildman–Crippen MR) is 118 cm³/mol. The zero-order chi connectivity index (χ0) is 22.1. The Labute approximate surface area is 178 Å². The minimum atomic E-state index is -0.468. The second-order valence-corrected chi connectivity index (χ2v) is 7.96. The van der Waals surface area contributed by atoms with Crippen LogP contribution in [0.1, 0.15) is 19.5 Å². The smallest absolute Gasteiger partial charge is 0.408 e. The number of fused-ring (bicyclic) bond motifs is 2. The van der Waals surface area contributed by atoms with Gasteiger partial charge in [-0.15, -0.1) is 0 Å². The first-order valence-electron chi connectivity index (χ1n) is 10.2. The van der Waals surface area contributed by atoms with E-state index in [-0.39, 0.29) is 36.5 Å². The Morgan fingerprint density at radius 1 is 1.06 bits per heavy atom. The Bertz CT molecular complexity index is 1380. The van der Waals surface area contributed by atoms with Gasteiger partial charge >= 0.3 is 5.76 Å². The molecule has 0 aliphatic rings. The third-order valence-electron chi connectivity index (χ3n) is 5.45. The number of oxazole rings is 1. The maximum Gasteiger partial charge on any atom is 0.420 e. The van der Waals surface area contributed by atoms with Crippen LogP contribution in [0, 0.1) is 12.8 Å². The van der Waals surface area contributed by atoms with Crippen molar-refractivity contribution in [2.24, 2.45) is 5.92 Å². The van der Waals surface area contributed by atoms with Gasteiger partial charge in [0.25, 0.3) is 5.56 Å². The fourth-order valence-electron chi connectivity index (χ4n) is 3.71. The van der Waals surface area contributed by atoms with E-state index in [1.165, 1.54) is 9.25 Å². The number of rotatable bonds is 6. The van der Waals surface area contributed by atoms with Crippen LogP contribution in [0.3, 0.4) is 0 Å². The van der Waals surface area contributed by atoms with Gasteiger partial charge in [0.1, 0.15) is 6.54 Å². The van der Waals surface area contributed by atoms with Gasteiger partial charge in [-0.1, -0.05) is 44.2 Å². The zero-order valence-electron chi connectivity index (χ0n) is 17.7. The Kier molecular flexibility index (Phi) is 5.46. The van der Waals surface area contributed by atoms with Gasteiger partial charge in [0.15, 0.2) is 5.58 Å². The maximum atomic E-state index is 12.8. The van der Waals surface area contributed by atoms with E-state index < -0.39 is 5.76 Å². The number of carbonyl (C=O) groups is 1. The SMILES string of the molecule is Cc1nn(CC(=O)N[C@@H](Cn2c(=O)oc3ccccc32)C(C)C)c(=O)c2ccccc12. The molecule has 4 rings (SSSR count). The van der Waals surface area contributed by atoms with Crippen LogP contribution in [0.15, 0.2) is 62.5 Å². The standard InChI is InChI=1S/C23H24N4O4/c1-14(2)18(12-26-19-10-6-7-11-20(19)31-23(26)30)24-21(28)13-27-22(29)17-9-5-4-8-16(17)15(3)25-27/h4-11,14,18H,12-13H2,1-3H3,(H,24,28)/t18-/m0/s1. The Balaban J connectivity index is 1.57. The van der Waals surface area contributed by atoms with Gasteiger partial charge in [0, 0.05) is 18.0 Å². The van der Waals surface area contributed by atoms with Crippen LogP contribution in [0.4, 0.5) is 0 Å². The number of hydrogen-bond donors (Lipinski definition) is 1. The van der Waals surface area contributed by atoms with E-state index in [1.54, 1.807) is 30.3 Å². The monoisotopic (exact) mass is 420 g/mol. The minimum absolute atomic E-state index is 0.0486. The van der Waals surface area contributed by atoms with Crippen molar-refractivity contribution in [2.75, 3.05) is 0 Å². The number of hydrogen-bond acceptors (Lipinski definition) is 5. The molecule has 0 radical (unpaired) electrons. The van der Waals surface area contributed by atoms with Crippen LogP contribution in [0.25, 0.3) is 21.9 Å². The number of para-hydroxylation sites is 2. The molecule has 8 heteroatoms. The molecule has 0 fully saturated rings. The van der Waals surface area contributed by atoms with Crippen LogP contribution >= 0.6 is 0 Å². The molecule has 160 valence electrons. The lowest BCUT2D eigenvalue weighted by molar-refractivity contribution is -0.123. The zero-order valence-corrected chi connectivity index (χ0v) is 17.7. The Morgan fingerprint density at radius 3 is 2.48 bits per heavy atom. The van der Waals surface area contributed by atoms with E-state index >= 15 is 0 Å². The predicted octanol–water partition coefficient (Wildman–Crippen LogP) is 2.45. The summed E-state index contributed by atoms with van der Waals surface area (Å²) in [7, 11) is 0. The number of amides is 1. The molecule has 0 saturated heterocycles. The van der Waals surface area contributed by atoms with Crippen molar-refractivity contribution in [1.82, 2.24) is 19.7 Å². The minimum Gasteiger partial charge on any atom is -0.408 e. The van der Waals surface area contributed by atoms with Crippen LogP contribution < -0.4 is 16.6 Å². The number of aromatic nitrogens is 3. The Morgan fingerprint density at radius 2 is 1.74 bits per heavy atom. The summed E-state index contributed by atoms with van der Waals surface area (Å²) in [4.78, 5) is 37.8. The third-order valence-corrected chi connectivity index (χ3v) is 5.45. The summed E-state index contributed by atoms with van der Waals surface area (Å²) in [6.45, 7) is 5.79. The van der Waals surface area contributed by atoms with E-state index in [0.717, 1.165) is 5.39 Å². The highest BCUT2D eigenvalue weighted by Gasteiger charge is 2.21.